The molecular formula is C8H9F3O. The number of hydrogen-bond donors (Lipinski definition) is 0. The molecule has 0 fully saturated rings. The van der Waals surface area contributed by atoms with Crippen LogP contribution in [0.5, 0.6) is 0 Å². The predicted octanol–water partition coefficient (Wildman–Crippen LogP) is 3.15. The maximum atomic E-state index is 11.7. The lowest BCUT2D eigenvalue weighted by atomic mass is 10.1. The van der Waals surface area contributed by atoms with Gasteiger partial charge in [-0.05, 0) is 31.9 Å². The Morgan fingerprint density at radius 1 is 1.42 bits per heavy atom. The highest BCUT2D eigenvalue weighted by atomic mass is 19.4. The van der Waals surface area contributed by atoms with Gasteiger partial charge in [0.1, 0.15) is 5.76 Å². The van der Waals surface area contributed by atoms with Crippen LogP contribution in [0.2, 0.25) is 0 Å². The Morgan fingerprint density at radius 2 is 2.08 bits per heavy atom. The maximum absolute atomic E-state index is 11.7. The molecule has 1 aliphatic carbocycles. The monoisotopic (exact) mass is 178 g/mol. The fourth-order valence-corrected chi connectivity index (χ4v) is 1.02. The quantitative estimate of drug-likeness (QED) is 0.599. The van der Waals surface area contributed by atoms with Crippen molar-refractivity contribution in [2.75, 3.05) is 0 Å². The van der Waals surface area contributed by atoms with Crippen LogP contribution >= 0.6 is 0 Å². The van der Waals surface area contributed by atoms with Crippen LogP contribution in [0.4, 0.5) is 13.2 Å². The van der Waals surface area contributed by atoms with Crippen LogP contribution < -0.4 is 0 Å². The standard InChI is InChI=1S/C8H9F3O/c1-6-3-2-4-7(5-6)12-8(9,10)11/h4-5H,2-3H2,1H3. The third-order valence-electron chi connectivity index (χ3n) is 1.51. The average molecular weight is 178 g/mol. The van der Waals surface area contributed by atoms with Gasteiger partial charge in [-0.3, -0.25) is 0 Å². The molecule has 0 aromatic carbocycles. The van der Waals surface area contributed by atoms with Gasteiger partial charge in [0.15, 0.2) is 0 Å². The van der Waals surface area contributed by atoms with Crippen LogP contribution in [-0.4, -0.2) is 6.36 Å². The molecule has 68 valence electrons. The smallest absolute Gasteiger partial charge is 0.406 e. The molecule has 0 saturated heterocycles. The molecule has 1 aliphatic rings. The summed E-state index contributed by atoms with van der Waals surface area (Å²) in [6.07, 6.45) is -0.282. The summed E-state index contributed by atoms with van der Waals surface area (Å²) in [6, 6.07) is 0. The van der Waals surface area contributed by atoms with Gasteiger partial charge in [0, 0.05) is 0 Å². The summed E-state index contributed by atoms with van der Waals surface area (Å²) in [5.41, 5.74) is 0.914. The number of alkyl halides is 3. The van der Waals surface area contributed by atoms with Gasteiger partial charge in [0.05, 0.1) is 0 Å². The van der Waals surface area contributed by atoms with E-state index in [1.54, 1.807) is 6.92 Å². The molecule has 0 spiro atoms. The Morgan fingerprint density at radius 3 is 2.58 bits per heavy atom. The summed E-state index contributed by atoms with van der Waals surface area (Å²) in [5, 5.41) is 0. The first kappa shape index (κ1) is 9.16. The predicted molar refractivity (Wildman–Crippen MR) is 38.2 cm³/mol. The van der Waals surface area contributed by atoms with Crippen LogP contribution in [-0.2, 0) is 4.74 Å². The molecule has 0 radical (unpaired) electrons. The van der Waals surface area contributed by atoms with E-state index < -0.39 is 6.36 Å². The molecule has 0 aromatic heterocycles. The molecule has 0 bridgehead atoms. The van der Waals surface area contributed by atoms with Crippen LogP contribution in [0.25, 0.3) is 0 Å². The average Bonchev–Trinajstić information content (AvgIpc) is 1.82. The topological polar surface area (TPSA) is 9.23 Å². The summed E-state index contributed by atoms with van der Waals surface area (Å²) in [6.45, 7) is 1.78. The zero-order valence-electron chi connectivity index (χ0n) is 6.61. The van der Waals surface area contributed by atoms with Gasteiger partial charge in [-0.25, -0.2) is 0 Å². The summed E-state index contributed by atoms with van der Waals surface area (Å²) in [4.78, 5) is 0. The van der Waals surface area contributed by atoms with Crippen LogP contribution in [0, 0.1) is 0 Å². The minimum Gasteiger partial charge on any atom is -0.406 e. The van der Waals surface area contributed by atoms with Gasteiger partial charge >= 0.3 is 6.36 Å². The lowest BCUT2D eigenvalue weighted by Gasteiger charge is -2.13. The van der Waals surface area contributed by atoms with E-state index in [0.29, 0.717) is 6.42 Å². The van der Waals surface area contributed by atoms with Crippen molar-refractivity contribution in [1.82, 2.24) is 0 Å². The van der Waals surface area contributed by atoms with Crippen molar-refractivity contribution in [3.8, 4) is 0 Å². The van der Waals surface area contributed by atoms with Crippen molar-refractivity contribution in [2.45, 2.75) is 26.1 Å². The van der Waals surface area contributed by atoms with E-state index in [0.717, 1.165) is 12.0 Å². The highest BCUT2D eigenvalue weighted by Crippen LogP contribution is 2.25. The molecule has 12 heavy (non-hydrogen) atoms. The minimum absolute atomic E-state index is 0.0914. The van der Waals surface area contributed by atoms with Gasteiger partial charge in [0.25, 0.3) is 0 Å². The van der Waals surface area contributed by atoms with E-state index in [4.69, 9.17) is 0 Å². The molecule has 4 heteroatoms. The van der Waals surface area contributed by atoms with Gasteiger partial charge < -0.3 is 4.74 Å². The van der Waals surface area contributed by atoms with E-state index in [1.165, 1.54) is 12.2 Å². The third kappa shape index (κ3) is 2.98. The summed E-state index contributed by atoms with van der Waals surface area (Å²) in [5.74, 6) is -0.0914. The van der Waals surface area contributed by atoms with Gasteiger partial charge in [-0.15, -0.1) is 13.2 Å². The second kappa shape index (κ2) is 3.21. The first-order valence-corrected chi connectivity index (χ1v) is 3.60. The molecule has 0 atom stereocenters. The first-order valence-electron chi connectivity index (χ1n) is 3.60. The molecule has 0 aliphatic heterocycles. The second-order valence-corrected chi connectivity index (χ2v) is 2.68. The minimum atomic E-state index is -4.57. The molecule has 0 amide bonds. The van der Waals surface area contributed by atoms with Gasteiger partial charge in [-0.2, -0.15) is 0 Å². The Hall–Kier alpha value is -0.930. The highest BCUT2D eigenvalue weighted by molar-refractivity contribution is 5.22. The van der Waals surface area contributed by atoms with Crippen molar-refractivity contribution >= 4 is 0 Å². The van der Waals surface area contributed by atoms with E-state index in [1.807, 2.05) is 0 Å². The van der Waals surface area contributed by atoms with Crippen LogP contribution in [0.1, 0.15) is 19.8 Å². The Bertz CT molecular complexity index is 225. The Kier molecular flexibility index (Phi) is 2.45. The SMILES string of the molecule is CC1=CC(OC(F)(F)F)=CCC1. The van der Waals surface area contributed by atoms with E-state index >= 15 is 0 Å². The fourth-order valence-electron chi connectivity index (χ4n) is 1.02. The lowest BCUT2D eigenvalue weighted by molar-refractivity contribution is -0.303. The second-order valence-electron chi connectivity index (χ2n) is 2.68. The summed E-state index contributed by atoms with van der Waals surface area (Å²) >= 11 is 0. The molecule has 1 nitrogen and oxygen atoms in total. The van der Waals surface area contributed by atoms with Crippen molar-refractivity contribution in [1.29, 1.82) is 0 Å². The molecule has 0 N–H and O–H groups in total. The van der Waals surface area contributed by atoms with Crippen molar-refractivity contribution in [3.05, 3.63) is 23.5 Å². The molecular weight excluding hydrogens is 169 g/mol. The molecule has 1 rings (SSSR count). The third-order valence-corrected chi connectivity index (χ3v) is 1.51. The normalized spacial score (nSPS) is 18.3. The Balaban J connectivity index is 2.59. The molecule has 0 unspecified atom stereocenters. The van der Waals surface area contributed by atoms with Crippen molar-refractivity contribution < 1.29 is 17.9 Å². The molecule has 0 saturated carbocycles. The van der Waals surface area contributed by atoms with Crippen LogP contribution in [0.3, 0.4) is 0 Å². The van der Waals surface area contributed by atoms with Gasteiger partial charge in [-0.1, -0.05) is 5.57 Å². The number of allylic oxidation sites excluding steroid dienone is 3. The number of ether oxygens (including phenoxy) is 1. The largest absolute Gasteiger partial charge is 0.573 e. The lowest BCUT2D eigenvalue weighted by Crippen LogP contribution is -2.13. The summed E-state index contributed by atoms with van der Waals surface area (Å²) in [7, 11) is 0. The number of halogens is 3. The molecule has 0 aromatic rings. The fraction of sp³-hybridized carbons (Fsp3) is 0.500. The van der Waals surface area contributed by atoms with E-state index in [-0.39, 0.29) is 5.76 Å². The maximum Gasteiger partial charge on any atom is 0.573 e. The highest BCUT2D eigenvalue weighted by Gasteiger charge is 2.31. The van der Waals surface area contributed by atoms with E-state index in [2.05, 4.69) is 4.74 Å². The Labute approximate surface area is 68.5 Å². The van der Waals surface area contributed by atoms with Crippen LogP contribution in [0.15, 0.2) is 23.5 Å². The zero-order chi connectivity index (χ0) is 9.19. The van der Waals surface area contributed by atoms with Crippen molar-refractivity contribution in [3.63, 3.8) is 0 Å². The number of rotatable bonds is 1. The van der Waals surface area contributed by atoms with Gasteiger partial charge in [0.2, 0.25) is 0 Å². The summed E-state index contributed by atoms with van der Waals surface area (Å²) < 4.78 is 38.8. The number of hydrogen-bond acceptors (Lipinski definition) is 1. The zero-order valence-corrected chi connectivity index (χ0v) is 6.61. The first-order chi connectivity index (χ1) is 5.47. The van der Waals surface area contributed by atoms with Crippen molar-refractivity contribution in [2.24, 2.45) is 0 Å². The molecule has 0 heterocycles. The van der Waals surface area contributed by atoms with E-state index in [9.17, 15) is 13.2 Å².